The Labute approximate surface area is 121 Å². The average Bonchev–Trinajstić information content (AvgIpc) is 2.39. The summed E-state index contributed by atoms with van der Waals surface area (Å²) in [7, 11) is 0. The fraction of sp³-hybridized carbons (Fsp3) is 0.462. The molecule has 1 rings (SSSR count). The van der Waals surface area contributed by atoms with Crippen LogP contribution in [0.2, 0.25) is 5.02 Å². The van der Waals surface area contributed by atoms with E-state index >= 15 is 0 Å². The maximum atomic E-state index is 13.4. The lowest BCUT2D eigenvalue weighted by molar-refractivity contribution is -0.115. The summed E-state index contributed by atoms with van der Waals surface area (Å²) < 4.78 is 13.4. The monoisotopic (exact) mass is 305 g/mol. The van der Waals surface area contributed by atoms with Crippen LogP contribution in [0.1, 0.15) is 13.8 Å². The van der Waals surface area contributed by atoms with E-state index in [9.17, 15) is 9.18 Å². The number of carbonyl (C=O) groups excluding carboxylic acids is 1. The standard InChI is InChI=1S/C13H17ClFNO2S/c1-8(6-17)7-19-9(2)13(18)16-12-5-10(14)3-4-11(12)15/h3-5,8-9,17H,6-7H2,1-2H3,(H,16,18). The molecule has 1 aromatic rings. The molecule has 2 atom stereocenters. The van der Waals surface area contributed by atoms with Crippen molar-refractivity contribution in [2.45, 2.75) is 19.1 Å². The van der Waals surface area contributed by atoms with Crippen LogP contribution in [-0.4, -0.2) is 28.6 Å². The summed E-state index contributed by atoms with van der Waals surface area (Å²) in [5, 5.41) is 11.5. The van der Waals surface area contributed by atoms with Crippen molar-refractivity contribution in [3.8, 4) is 0 Å². The van der Waals surface area contributed by atoms with Crippen LogP contribution >= 0.6 is 23.4 Å². The van der Waals surface area contributed by atoms with Gasteiger partial charge < -0.3 is 10.4 Å². The first-order valence-corrected chi connectivity index (χ1v) is 7.35. The molecule has 1 amide bonds. The molecule has 0 heterocycles. The highest BCUT2D eigenvalue weighted by molar-refractivity contribution is 8.00. The lowest BCUT2D eigenvalue weighted by atomic mass is 10.2. The summed E-state index contributed by atoms with van der Waals surface area (Å²) in [4.78, 5) is 11.9. The normalized spacial score (nSPS) is 13.9. The molecule has 19 heavy (non-hydrogen) atoms. The van der Waals surface area contributed by atoms with Crippen LogP contribution in [0.15, 0.2) is 18.2 Å². The van der Waals surface area contributed by atoms with Gasteiger partial charge in [-0.15, -0.1) is 11.8 Å². The molecule has 2 unspecified atom stereocenters. The fourth-order valence-electron chi connectivity index (χ4n) is 1.26. The molecule has 2 N–H and O–H groups in total. The Bertz CT molecular complexity index is 445. The van der Waals surface area contributed by atoms with Gasteiger partial charge in [0.05, 0.1) is 10.9 Å². The minimum Gasteiger partial charge on any atom is -0.396 e. The van der Waals surface area contributed by atoms with Crippen molar-refractivity contribution >= 4 is 35.0 Å². The van der Waals surface area contributed by atoms with Crippen molar-refractivity contribution in [2.24, 2.45) is 5.92 Å². The van der Waals surface area contributed by atoms with Crippen LogP contribution in [-0.2, 0) is 4.79 Å². The van der Waals surface area contributed by atoms with Gasteiger partial charge in [-0.3, -0.25) is 4.79 Å². The number of benzene rings is 1. The summed E-state index contributed by atoms with van der Waals surface area (Å²) in [5.74, 6) is 0.00137. The highest BCUT2D eigenvalue weighted by Gasteiger charge is 2.16. The third-order valence-electron chi connectivity index (χ3n) is 2.50. The van der Waals surface area contributed by atoms with Crippen LogP contribution in [0.5, 0.6) is 0 Å². The van der Waals surface area contributed by atoms with Gasteiger partial charge in [-0.2, -0.15) is 0 Å². The number of rotatable bonds is 6. The Kier molecular flexibility index (Phi) is 6.62. The number of hydrogen-bond donors (Lipinski definition) is 2. The SMILES string of the molecule is CC(CO)CSC(C)C(=O)Nc1cc(Cl)ccc1F. The largest absolute Gasteiger partial charge is 0.396 e. The van der Waals surface area contributed by atoms with E-state index in [1.165, 1.54) is 30.0 Å². The van der Waals surface area contributed by atoms with E-state index in [0.29, 0.717) is 10.8 Å². The summed E-state index contributed by atoms with van der Waals surface area (Å²) in [6.07, 6.45) is 0. The van der Waals surface area contributed by atoms with E-state index < -0.39 is 5.82 Å². The minimum atomic E-state index is -0.515. The van der Waals surface area contributed by atoms with Crippen molar-refractivity contribution in [3.05, 3.63) is 29.0 Å². The van der Waals surface area contributed by atoms with Gasteiger partial charge in [0.1, 0.15) is 5.82 Å². The number of anilines is 1. The summed E-state index contributed by atoms with van der Waals surface area (Å²) in [6, 6.07) is 4.01. The molecule has 0 spiro atoms. The number of hydrogen-bond acceptors (Lipinski definition) is 3. The molecule has 6 heteroatoms. The molecule has 0 aliphatic heterocycles. The predicted molar refractivity (Wildman–Crippen MR) is 78.2 cm³/mol. The molecule has 0 radical (unpaired) electrons. The Morgan fingerprint density at radius 1 is 1.53 bits per heavy atom. The van der Waals surface area contributed by atoms with Crippen LogP contribution in [0, 0.1) is 11.7 Å². The highest BCUT2D eigenvalue weighted by Crippen LogP contribution is 2.21. The zero-order valence-electron chi connectivity index (χ0n) is 10.8. The van der Waals surface area contributed by atoms with Crippen LogP contribution < -0.4 is 5.32 Å². The van der Waals surface area contributed by atoms with Gasteiger partial charge in [0.2, 0.25) is 5.91 Å². The fourth-order valence-corrected chi connectivity index (χ4v) is 2.37. The van der Waals surface area contributed by atoms with Gasteiger partial charge in [0, 0.05) is 11.6 Å². The molecule has 3 nitrogen and oxygen atoms in total. The minimum absolute atomic E-state index is 0.0835. The Morgan fingerprint density at radius 3 is 2.84 bits per heavy atom. The summed E-state index contributed by atoms with van der Waals surface area (Å²) in [6.45, 7) is 3.73. The zero-order chi connectivity index (χ0) is 14.4. The number of halogens is 2. The number of aliphatic hydroxyl groups excluding tert-OH is 1. The molecular weight excluding hydrogens is 289 g/mol. The molecule has 0 aliphatic rings. The predicted octanol–water partition coefficient (Wildman–Crippen LogP) is 3.17. The second-order valence-corrected chi connectivity index (χ2v) is 6.19. The zero-order valence-corrected chi connectivity index (χ0v) is 12.4. The number of carbonyl (C=O) groups is 1. The van der Waals surface area contributed by atoms with Gasteiger partial charge in [0.15, 0.2) is 0 Å². The molecule has 1 aromatic carbocycles. The number of amides is 1. The van der Waals surface area contributed by atoms with Gasteiger partial charge in [-0.25, -0.2) is 4.39 Å². The van der Waals surface area contributed by atoms with Crippen molar-refractivity contribution in [1.29, 1.82) is 0 Å². The number of nitrogens with one attached hydrogen (secondary N) is 1. The molecular formula is C13H17ClFNO2S. The van der Waals surface area contributed by atoms with E-state index in [4.69, 9.17) is 16.7 Å². The molecule has 0 saturated heterocycles. The Hall–Kier alpha value is -0.780. The maximum Gasteiger partial charge on any atom is 0.237 e. The third-order valence-corrected chi connectivity index (χ3v) is 4.21. The van der Waals surface area contributed by atoms with Crippen molar-refractivity contribution in [3.63, 3.8) is 0 Å². The molecule has 0 aromatic heterocycles. The highest BCUT2D eigenvalue weighted by atomic mass is 35.5. The second kappa shape index (κ2) is 7.72. The van der Waals surface area contributed by atoms with Gasteiger partial charge in [-0.1, -0.05) is 18.5 Å². The lowest BCUT2D eigenvalue weighted by Gasteiger charge is -2.14. The van der Waals surface area contributed by atoms with Crippen LogP contribution in [0.4, 0.5) is 10.1 Å². The number of aliphatic hydroxyl groups is 1. The Morgan fingerprint density at radius 2 is 2.21 bits per heavy atom. The van der Waals surface area contributed by atoms with E-state index in [-0.39, 0.29) is 29.4 Å². The first-order valence-electron chi connectivity index (χ1n) is 5.92. The summed E-state index contributed by atoms with van der Waals surface area (Å²) >= 11 is 7.17. The van der Waals surface area contributed by atoms with Gasteiger partial charge in [0.25, 0.3) is 0 Å². The molecule has 0 aliphatic carbocycles. The average molecular weight is 306 g/mol. The van der Waals surface area contributed by atoms with Crippen molar-refractivity contribution < 1.29 is 14.3 Å². The first-order chi connectivity index (χ1) is 8.93. The van der Waals surface area contributed by atoms with Crippen LogP contribution in [0.25, 0.3) is 0 Å². The number of thioether (sulfide) groups is 1. The second-order valence-electron chi connectivity index (χ2n) is 4.38. The van der Waals surface area contributed by atoms with E-state index in [0.717, 1.165) is 0 Å². The molecule has 106 valence electrons. The molecule has 0 bridgehead atoms. The van der Waals surface area contributed by atoms with Crippen LogP contribution in [0.3, 0.4) is 0 Å². The van der Waals surface area contributed by atoms with E-state index in [2.05, 4.69) is 5.32 Å². The Balaban J connectivity index is 2.56. The van der Waals surface area contributed by atoms with Crippen molar-refractivity contribution in [2.75, 3.05) is 17.7 Å². The van der Waals surface area contributed by atoms with Gasteiger partial charge in [-0.05, 0) is 36.8 Å². The first kappa shape index (κ1) is 16.3. The van der Waals surface area contributed by atoms with E-state index in [1.807, 2.05) is 6.92 Å². The quantitative estimate of drug-likeness (QED) is 0.849. The smallest absolute Gasteiger partial charge is 0.237 e. The summed E-state index contributed by atoms with van der Waals surface area (Å²) in [5.41, 5.74) is 0.0835. The lowest BCUT2D eigenvalue weighted by Crippen LogP contribution is -2.24. The topological polar surface area (TPSA) is 49.3 Å². The molecule has 0 fully saturated rings. The maximum absolute atomic E-state index is 13.4. The van der Waals surface area contributed by atoms with Gasteiger partial charge >= 0.3 is 0 Å². The third kappa shape index (κ3) is 5.38. The molecule has 0 saturated carbocycles. The van der Waals surface area contributed by atoms with Crippen molar-refractivity contribution in [1.82, 2.24) is 0 Å². The van der Waals surface area contributed by atoms with E-state index in [1.54, 1.807) is 6.92 Å².